The highest BCUT2D eigenvalue weighted by molar-refractivity contribution is 6.17. The van der Waals surface area contributed by atoms with E-state index in [4.69, 9.17) is 15.0 Å². The zero-order chi connectivity index (χ0) is 23.6. The zero-order valence-electron chi connectivity index (χ0n) is 19.2. The van der Waals surface area contributed by atoms with Gasteiger partial charge in [0.25, 0.3) is 0 Å². The maximum atomic E-state index is 5.19. The predicted molar refractivity (Wildman–Crippen MR) is 146 cm³/mol. The molecule has 0 spiro atoms. The molecule has 5 heteroatoms. The Kier molecular flexibility index (Phi) is 3.88. The monoisotopic (exact) mass is 461 g/mol. The predicted octanol–water partition coefficient (Wildman–Crippen LogP) is 7.19. The number of aromatic nitrogens is 5. The summed E-state index contributed by atoms with van der Waals surface area (Å²) in [6, 6.07) is 37.4. The Balaban J connectivity index is 1.57. The highest BCUT2D eigenvalue weighted by Gasteiger charge is 2.20. The van der Waals surface area contributed by atoms with Crippen molar-refractivity contribution in [1.82, 2.24) is 23.9 Å². The molecule has 0 radical (unpaired) electrons. The van der Waals surface area contributed by atoms with E-state index in [0.717, 1.165) is 60.6 Å². The number of hydrogen-bond acceptors (Lipinski definition) is 3. The molecular weight excluding hydrogens is 442 g/mol. The Bertz CT molecular complexity index is 2100. The molecule has 0 aliphatic carbocycles. The molecular formula is C31H19N5. The molecule has 0 aliphatic rings. The molecule has 0 saturated heterocycles. The van der Waals surface area contributed by atoms with Crippen LogP contribution in [0.25, 0.3) is 66.6 Å². The highest BCUT2D eigenvalue weighted by Crippen LogP contribution is 2.37. The molecule has 168 valence electrons. The van der Waals surface area contributed by atoms with Crippen molar-refractivity contribution in [3.63, 3.8) is 0 Å². The van der Waals surface area contributed by atoms with E-state index in [1.54, 1.807) is 0 Å². The van der Waals surface area contributed by atoms with Crippen LogP contribution in [0.1, 0.15) is 0 Å². The van der Waals surface area contributed by atoms with Crippen molar-refractivity contribution in [3.8, 4) is 17.2 Å². The zero-order valence-corrected chi connectivity index (χ0v) is 19.2. The van der Waals surface area contributed by atoms with E-state index >= 15 is 0 Å². The Labute approximate surface area is 205 Å². The van der Waals surface area contributed by atoms with E-state index in [1.165, 1.54) is 0 Å². The second-order valence-corrected chi connectivity index (χ2v) is 8.98. The fourth-order valence-corrected chi connectivity index (χ4v) is 5.37. The lowest BCUT2D eigenvalue weighted by molar-refractivity contribution is 1.02. The first-order chi connectivity index (χ1) is 17.9. The summed E-state index contributed by atoms with van der Waals surface area (Å²) in [5.41, 5.74) is 7.90. The minimum atomic E-state index is 0.642. The van der Waals surface area contributed by atoms with Gasteiger partial charge in [-0.15, -0.1) is 0 Å². The van der Waals surface area contributed by atoms with Gasteiger partial charge in [-0.05, 0) is 36.4 Å². The van der Waals surface area contributed by atoms with E-state index in [0.29, 0.717) is 5.95 Å². The fraction of sp³-hybridized carbons (Fsp3) is 0. The Morgan fingerprint density at radius 3 is 2.22 bits per heavy atom. The molecule has 0 bridgehead atoms. The molecule has 5 nitrogen and oxygen atoms in total. The van der Waals surface area contributed by atoms with Crippen molar-refractivity contribution >= 4 is 49.4 Å². The molecule has 0 amide bonds. The second-order valence-electron chi connectivity index (χ2n) is 8.98. The summed E-state index contributed by atoms with van der Waals surface area (Å²) in [5.74, 6) is 0.642. The van der Waals surface area contributed by atoms with Crippen molar-refractivity contribution in [2.45, 2.75) is 0 Å². The topological polar surface area (TPSA) is 48.0 Å². The molecule has 4 aromatic carbocycles. The number of imidazole rings is 1. The van der Waals surface area contributed by atoms with Crippen molar-refractivity contribution in [2.24, 2.45) is 0 Å². The summed E-state index contributed by atoms with van der Waals surface area (Å²) in [6.45, 7) is 0. The molecule has 4 heterocycles. The molecule has 8 rings (SSSR count). The lowest BCUT2D eigenvalue weighted by atomic mass is 10.1. The molecule has 0 saturated carbocycles. The van der Waals surface area contributed by atoms with Gasteiger partial charge in [-0.2, -0.15) is 0 Å². The molecule has 8 aromatic rings. The summed E-state index contributed by atoms with van der Waals surface area (Å²) >= 11 is 0. The van der Waals surface area contributed by atoms with Crippen molar-refractivity contribution in [2.75, 3.05) is 0 Å². The van der Waals surface area contributed by atoms with Crippen LogP contribution in [0.3, 0.4) is 0 Å². The van der Waals surface area contributed by atoms with Gasteiger partial charge < -0.3 is 0 Å². The SMILES string of the molecule is c1ccc(-c2nc(-n3c4ccccc4c4ccc5c(nc6ccccn65)c43)nc3ccccc23)cc1. The fourth-order valence-electron chi connectivity index (χ4n) is 5.37. The third kappa shape index (κ3) is 2.62. The summed E-state index contributed by atoms with van der Waals surface area (Å²) in [5, 5.41) is 3.33. The van der Waals surface area contributed by atoms with Crippen LogP contribution in [0.2, 0.25) is 0 Å². The molecule has 0 aliphatic heterocycles. The van der Waals surface area contributed by atoms with Gasteiger partial charge in [-0.3, -0.25) is 8.97 Å². The molecule has 0 unspecified atom stereocenters. The van der Waals surface area contributed by atoms with E-state index < -0.39 is 0 Å². The van der Waals surface area contributed by atoms with Crippen LogP contribution in [0.15, 0.2) is 115 Å². The Hall–Kier alpha value is -5.03. The minimum Gasteiger partial charge on any atom is -0.300 e. The lowest BCUT2D eigenvalue weighted by Gasteiger charge is -2.11. The second kappa shape index (κ2) is 7.23. The summed E-state index contributed by atoms with van der Waals surface area (Å²) in [4.78, 5) is 15.3. The van der Waals surface area contributed by atoms with E-state index in [1.807, 2.05) is 48.5 Å². The van der Waals surface area contributed by atoms with E-state index in [2.05, 4.69) is 75.8 Å². The highest BCUT2D eigenvalue weighted by atomic mass is 15.2. The van der Waals surface area contributed by atoms with Crippen LogP contribution in [-0.2, 0) is 0 Å². The van der Waals surface area contributed by atoms with Gasteiger partial charge in [0.15, 0.2) is 0 Å². The Morgan fingerprint density at radius 2 is 1.31 bits per heavy atom. The quantitative estimate of drug-likeness (QED) is 0.274. The van der Waals surface area contributed by atoms with Gasteiger partial charge in [0.2, 0.25) is 5.95 Å². The maximum Gasteiger partial charge on any atom is 0.235 e. The maximum absolute atomic E-state index is 5.19. The van der Waals surface area contributed by atoms with Crippen LogP contribution in [0, 0.1) is 0 Å². The van der Waals surface area contributed by atoms with Gasteiger partial charge in [-0.25, -0.2) is 15.0 Å². The number of nitrogens with zero attached hydrogens (tertiary/aromatic N) is 5. The number of hydrogen-bond donors (Lipinski definition) is 0. The minimum absolute atomic E-state index is 0.642. The third-order valence-corrected chi connectivity index (χ3v) is 6.95. The van der Waals surface area contributed by atoms with Crippen molar-refractivity contribution < 1.29 is 0 Å². The first-order valence-electron chi connectivity index (χ1n) is 12.0. The molecule has 0 N–H and O–H groups in total. The average molecular weight is 462 g/mol. The van der Waals surface area contributed by atoms with Crippen molar-refractivity contribution in [3.05, 3.63) is 115 Å². The van der Waals surface area contributed by atoms with E-state index in [9.17, 15) is 0 Å². The molecule has 36 heavy (non-hydrogen) atoms. The van der Waals surface area contributed by atoms with Crippen LogP contribution in [0.5, 0.6) is 0 Å². The normalized spacial score (nSPS) is 11.9. The molecule has 4 aromatic heterocycles. The number of pyridine rings is 1. The smallest absolute Gasteiger partial charge is 0.235 e. The van der Waals surface area contributed by atoms with E-state index in [-0.39, 0.29) is 0 Å². The molecule has 0 atom stereocenters. The number of para-hydroxylation sites is 2. The third-order valence-electron chi connectivity index (χ3n) is 6.95. The first-order valence-corrected chi connectivity index (χ1v) is 12.0. The van der Waals surface area contributed by atoms with Gasteiger partial charge >= 0.3 is 0 Å². The molecule has 0 fully saturated rings. The summed E-state index contributed by atoms with van der Waals surface area (Å²) in [6.07, 6.45) is 2.06. The van der Waals surface area contributed by atoms with Crippen LogP contribution in [0.4, 0.5) is 0 Å². The van der Waals surface area contributed by atoms with Gasteiger partial charge in [0.05, 0.1) is 27.8 Å². The lowest BCUT2D eigenvalue weighted by Crippen LogP contribution is -2.03. The summed E-state index contributed by atoms with van der Waals surface area (Å²) in [7, 11) is 0. The van der Waals surface area contributed by atoms with Crippen molar-refractivity contribution in [1.29, 1.82) is 0 Å². The van der Waals surface area contributed by atoms with Gasteiger partial charge in [0.1, 0.15) is 11.2 Å². The largest absolute Gasteiger partial charge is 0.300 e. The first kappa shape index (κ1) is 19.3. The average Bonchev–Trinajstić information content (AvgIpc) is 3.49. The summed E-state index contributed by atoms with van der Waals surface area (Å²) < 4.78 is 4.31. The van der Waals surface area contributed by atoms with Crippen LogP contribution < -0.4 is 0 Å². The Morgan fingerprint density at radius 1 is 0.528 bits per heavy atom. The van der Waals surface area contributed by atoms with Crippen LogP contribution >= 0.6 is 0 Å². The number of benzene rings is 4. The van der Waals surface area contributed by atoms with Gasteiger partial charge in [-0.1, -0.05) is 72.8 Å². The number of rotatable bonds is 2. The standard InChI is InChI=1S/C31H19N5/c1-2-10-20(11-3-1)28-23-13-4-6-14-24(23)32-31(34-28)36-25-15-7-5-12-21(25)22-17-18-26-29(30(22)36)33-27-16-8-9-19-35(26)27/h1-19H. The number of fused-ring (bicyclic) bond motifs is 8. The van der Waals surface area contributed by atoms with Gasteiger partial charge in [0, 0.05) is 27.9 Å². The van der Waals surface area contributed by atoms with Crippen LogP contribution in [-0.4, -0.2) is 23.9 Å².